The van der Waals surface area contributed by atoms with Crippen LogP contribution >= 0.6 is 0 Å². The van der Waals surface area contributed by atoms with Gasteiger partial charge in [0.2, 0.25) is 0 Å². The average molecular weight is 233 g/mol. The van der Waals surface area contributed by atoms with E-state index in [0.29, 0.717) is 5.75 Å². The van der Waals surface area contributed by atoms with Crippen LogP contribution in [0.3, 0.4) is 0 Å². The number of hydrogen-bond donors (Lipinski definition) is 2. The zero-order chi connectivity index (χ0) is 11.8. The van der Waals surface area contributed by atoms with E-state index in [4.69, 9.17) is 0 Å². The molecule has 0 amide bonds. The van der Waals surface area contributed by atoms with Gasteiger partial charge in [0.25, 0.3) is 0 Å². The molecule has 1 saturated heterocycles. The monoisotopic (exact) mass is 233 g/mol. The smallest absolute Gasteiger partial charge is 0.140 e. The van der Waals surface area contributed by atoms with Crippen molar-refractivity contribution in [3.63, 3.8) is 0 Å². The van der Waals surface area contributed by atoms with E-state index in [1.54, 1.807) is 0 Å². The first-order valence-electron chi connectivity index (χ1n) is 6.27. The van der Waals surface area contributed by atoms with Crippen LogP contribution in [-0.4, -0.2) is 49.8 Å². The molecule has 2 N–H and O–H groups in total. The first kappa shape index (κ1) is 10.7. The molecular formula is C13H19N3O. The van der Waals surface area contributed by atoms with Crippen LogP contribution in [0.5, 0.6) is 5.75 Å². The summed E-state index contributed by atoms with van der Waals surface area (Å²) in [5, 5.41) is 13.4. The Labute approximate surface area is 102 Å². The van der Waals surface area contributed by atoms with Crippen LogP contribution in [0.2, 0.25) is 0 Å². The Kier molecular flexibility index (Phi) is 2.59. The zero-order valence-electron chi connectivity index (χ0n) is 10.2. The van der Waals surface area contributed by atoms with Gasteiger partial charge in [-0.25, -0.2) is 0 Å². The molecular weight excluding hydrogens is 214 g/mol. The minimum Gasteiger partial charge on any atom is -0.506 e. The second-order valence-electron chi connectivity index (χ2n) is 4.97. The lowest BCUT2D eigenvalue weighted by Crippen LogP contribution is -2.44. The third-order valence-electron chi connectivity index (χ3n) is 3.75. The minimum atomic E-state index is 0.405. The Morgan fingerprint density at radius 1 is 1.18 bits per heavy atom. The fraction of sp³-hybridized carbons (Fsp3) is 0.538. The fourth-order valence-electron chi connectivity index (χ4n) is 2.62. The van der Waals surface area contributed by atoms with Crippen LogP contribution in [0.1, 0.15) is 5.56 Å². The number of nitrogens with one attached hydrogen (secondary N) is 1. The molecule has 4 nitrogen and oxygen atoms in total. The maximum Gasteiger partial charge on any atom is 0.140 e. The van der Waals surface area contributed by atoms with Crippen LogP contribution in [0.25, 0.3) is 0 Å². The Bertz CT molecular complexity index is 425. The van der Waals surface area contributed by atoms with Crippen molar-refractivity contribution >= 4 is 11.4 Å². The molecule has 92 valence electrons. The molecule has 0 saturated carbocycles. The third-order valence-corrected chi connectivity index (χ3v) is 3.75. The number of phenolic OH excluding ortho intramolecular Hbond substituents is 1. The van der Waals surface area contributed by atoms with E-state index in [0.717, 1.165) is 50.5 Å². The Morgan fingerprint density at radius 2 is 1.94 bits per heavy atom. The average Bonchev–Trinajstić information content (AvgIpc) is 2.76. The van der Waals surface area contributed by atoms with Crippen molar-refractivity contribution in [1.82, 2.24) is 4.90 Å². The normalized spacial score (nSPS) is 20.2. The molecule has 0 unspecified atom stereocenters. The van der Waals surface area contributed by atoms with Crippen molar-refractivity contribution in [1.29, 1.82) is 0 Å². The van der Waals surface area contributed by atoms with Crippen LogP contribution in [0.15, 0.2) is 12.1 Å². The maximum absolute atomic E-state index is 10.1. The highest BCUT2D eigenvalue weighted by Crippen LogP contribution is 2.36. The Hall–Kier alpha value is -1.42. The molecule has 0 atom stereocenters. The van der Waals surface area contributed by atoms with E-state index in [-0.39, 0.29) is 0 Å². The number of phenols is 1. The molecule has 2 aliphatic heterocycles. The van der Waals surface area contributed by atoms with E-state index in [1.165, 1.54) is 5.56 Å². The fourth-order valence-corrected chi connectivity index (χ4v) is 2.62. The van der Waals surface area contributed by atoms with Gasteiger partial charge < -0.3 is 20.2 Å². The summed E-state index contributed by atoms with van der Waals surface area (Å²) in [6.07, 6.45) is 1.07. The van der Waals surface area contributed by atoms with E-state index in [1.807, 2.05) is 6.07 Å². The second kappa shape index (κ2) is 4.11. The second-order valence-corrected chi connectivity index (χ2v) is 4.97. The van der Waals surface area contributed by atoms with Gasteiger partial charge in [0.05, 0.1) is 5.69 Å². The van der Waals surface area contributed by atoms with E-state index >= 15 is 0 Å². The van der Waals surface area contributed by atoms with Crippen molar-refractivity contribution in [3.05, 3.63) is 17.7 Å². The summed E-state index contributed by atoms with van der Waals surface area (Å²) < 4.78 is 0. The van der Waals surface area contributed by atoms with Gasteiger partial charge in [-0.05, 0) is 25.1 Å². The lowest BCUT2D eigenvalue weighted by molar-refractivity contribution is 0.311. The van der Waals surface area contributed by atoms with E-state index in [9.17, 15) is 5.11 Å². The topological polar surface area (TPSA) is 38.7 Å². The predicted octanol–water partition coefficient (Wildman–Crippen LogP) is 1.11. The molecule has 1 aromatic rings. The summed E-state index contributed by atoms with van der Waals surface area (Å²) in [5.41, 5.74) is 3.43. The highest BCUT2D eigenvalue weighted by molar-refractivity contribution is 5.70. The zero-order valence-corrected chi connectivity index (χ0v) is 10.2. The summed E-state index contributed by atoms with van der Waals surface area (Å²) in [6.45, 7) is 5.11. The van der Waals surface area contributed by atoms with Gasteiger partial charge >= 0.3 is 0 Å². The number of likely N-dealkylation sites (N-methyl/N-ethyl adjacent to an activating group) is 1. The Morgan fingerprint density at radius 3 is 2.71 bits per heavy atom. The third kappa shape index (κ3) is 1.93. The number of piperazine rings is 1. The summed E-state index contributed by atoms with van der Waals surface area (Å²) in [4.78, 5) is 4.61. The quantitative estimate of drug-likeness (QED) is 0.762. The lowest BCUT2D eigenvalue weighted by Gasteiger charge is -2.34. The van der Waals surface area contributed by atoms with Gasteiger partial charge in [-0.3, -0.25) is 0 Å². The molecule has 0 bridgehead atoms. The van der Waals surface area contributed by atoms with Crippen LogP contribution in [-0.2, 0) is 6.42 Å². The Balaban J connectivity index is 1.87. The van der Waals surface area contributed by atoms with Gasteiger partial charge in [-0.2, -0.15) is 0 Å². The van der Waals surface area contributed by atoms with Gasteiger partial charge in [0.1, 0.15) is 5.75 Å². The maximum atomic E-state index is 10.1. The van der Waals surface area contributed by atoms with Crippen LogP contribution in [0, 0.1) is 0 Å². The number of fused-ring (bicyclic) bond motifs is 1. The first-order chi connectivity index (χ1) is 8.24. The van der Waals surface area contributed by atoms with Gasteiger partial charge in [0.15, 0.2) is 0 Å². The highest BCUT2D eigenvalue weighted by Gasteiger charge is 2.20. The van der Waals surface area contributed by atoms with E-state index in [2.05, 4.69) is 28.2 Å². The standard InChI is InChI=1S/C13H19N3O/c1-15-4-6-16(7-5-15)12-8-10-2-3-14-11(10)9-13(12)17/h8-9,14,17H,2-7H2,1H3. The molecule has 0 radical (unpaired) electrons. The number of aromatic hydroxyl groups is 1. The van der Waals surface area contributed by atoms with Gasteiger partial charge in [0, 0.05) is 44.5 Å². The molecule has 0 aromatic heterocycles. The van der Waals surface area contributed by atoms with Gasteiger partial charge in [-0.1, -0.05) is 0 Å². The predicted molar refractivity (Wildman–Crippen MR) is 70.0 cm³/mol. The molecule has 3 rings (SSSR count). The summed E-state index contributed by atoms with van der Waals surface area (Å²) in [6, 6.07) is 4.02. The van der Waals surface area contributed by atoms with Crippen molar-refractivity contribution < 1.29 is 5.11 Å². The molecule has 1 aromatic carbocycles. The number of nitrogens with zero attached hydrogens (tertiary/aromatic N) is 2. The van der Waals surface area contributed by atoms with Crippen molar-refractivity contribution in [3.8, 4) is 5.75 Å². The van der Waals surface area contributed by atoms with Crippen molar-refractivity contribution in [2.24, 2.45) is 0 Å². The van der Waals surface area contributed by atoms with Crippen molar-refractivity contribution in [2.75, 3.05) is 50.0 Å². The number of hydrogen-bond acceptors (Lipinski definition) is 4. The summed E-state index contributed by atoms with van der Waals surface area (Å²) in [7, 11) is 2.14. The molecule has 0 spiro atoms. The van der Waals surface area contributed by atoms with Crippen LogP contribution in [0.4, 0.5) is 11.4 Å². The molecule has 2 aliphatic rings. The highest BCUT2D eigenvalue weighted by atomic mass is 16.3. The first-order valence-corrected chi connectivity index (χ1v) is 6.27. The molecule has 17 heavy (non-hydrogen) atoms. The SMILES string of the molecule is CN1CCN(c2cc3c(cc2O)NCC3)CC1. The minimum absolute atomic E-state index is 0.405. The largest absolute Gasteiger partial charge is 0.506 e. The summed E-state index contributed by atoms with van der Waals surface area (Å²) >= 11 is 0. The number of rotatable bonds is 1. The molecule has 0 aliphatic carbocycles. The number of benzene rings is 1. The molecule has 2 heterocycles. The lowest BCUT2D eigenvalue weighted by atomic mass is 10.1. The van der Waals surface area contributed by atoms with Crippen LogP contribution < -0.4 is 10.2 Å². The number of anilines is 2. The van der Waals surface area contributed by atoms with E-state index < -0.39 is 0 Å². The molecule has 4 heteroatoms. The van der Waals surface area contributed by atoms with Crippen molar-refractivity contribution in [2.45, 2.75) is 6.42 Å². The molecule has 1 fully saturated rings. The van der Waals surface area contributed by atoms with Gasteiger partial charge in [-0.15, -0.1) is 0 Å². The summed E-state index contributed by atoms with van der Waals surface area (Å²) in [5.74, 6) is 0.405.